The van der Waals surface area contributed by atoms with Crippen molar-refractivity contribution in [2.45, 2.75) is 70.3 Å². The summed E-state index contributed by atoms with van der Waals surface area (Å²) in [5, 5.41) is 1.03. The highest BCUT2D eigenvalue weighted by molar-refractivity contribution is 6.01. The standard InChI is InChI=1S/C35H38FN5O2/c1-21-4-2-11-39(18-21)19-26-17-28-30(22-5-6-22)20-41(35(43)33(28)37-26)32-15-24(14-31(38-32)23-7-8-23)27-10-9-25(36)16-29(27)34(42)40-12-3-13-40/h9-10,14-17,20-23,37H,2-8,11-13,18-19H2,1H3/t21-/m0/s1. The second-order valence-corrected chi connectivity index (χ2v) is 13.3. The molecule has 1 amide bonds. The van der Waals surface area contributed by atoms with Crippen LogP contribution in [0.3, 0.4) is 0 Å². The minimum absolute atomic E-state index is 0.111. The summed E-state index contributed by atoms with van der Waals surface area (Å²) in [6, 6.07) is 10.6. The van der Waals surface area contributed by atoms with Crippen LogP contribution in [0, 0.1) is 11.7 Å². The van der Waals surface area contributed by atoms with Gasteiger partial charge < -0.3 is 9.88 Å². The molecule has 0 spiro atoms. The van der Waals surface area contributed by atoms with Gasteiger partial charge in [0, 0.05) is 55.1 Å². The lowest BCUT2D eigenvalue weighted by atomic mass is 9.97. The molecule has 1 aromatic carbocycles. The Kier molecular flexibility index (Phi) is 6.51. The Hall–Kier alpha value is -3.78. The summed E-state index contributed by atoms with van der Waals surface area (Å²) >= 11 is 0. The third-order valence-electron chi connectivity index (χ3n) is 9.78. The maximum absolute atomic E-state index is 14.4. The van der Waals surface area contributed by atoms with Crippen molar-refractivity contribution >= 4 is 16.8 Å². The molecule has 2 saturated carbocycles. The van der Waals surface area contributed by atoms with Crippen molar-refractivity contribution in [3.05, 3.63) is 81.3 Å². The molecule has 2 aliphatic heterocycles. The van der Waals surface area contributed by atoms with Crippen LogP contribution in [0.1, 0.15) is 91.0 Å². The van der Waals surface area contributed by atoms with Crippen molar-refractivity contribution in [1.82, 2.24) is 24.3 Å². The number of carbonyl (C=O) groups is 1. The lowest BCUT2D eigenvalue weighted by Gasteiger charge is -2.31. The van der Waals surface area contributed by atoms with Gasteiger partial charge in [-0.1, -0.05) is 13.0 Å². The number of carbonyl (C=O) groups excluding carboxylic acids is 1. The molecule has 8 rings (SSSR count). The van der Waals surface area contributed by atoms with Gasteiger partial charge >= 0.3 is 0 Å². The van der Waals surface area contributed by atoms with Gasteiger partial charge in [0.25, 0.3) is 11.5 Å². The van der Waals surface area contributed by atoms with E-state index in [0.717, 1.165) is 74.1 Å². The maximum atomic E-state index is 14.4. The fourth-order valence-corrected chi connectivity index (χ4v) is 6.98. The molecular weight excluding hydrogens is 541 g/mol. The van der Waals surface area contributed by atoms with Gasteiger partial charge in [0.2, 0.25) is 0 Å². The van der Waals surface area contributed by atoms with Crippen molar-refractivity contribution in [1.29, 1.82) is 0 Å². The van der Waals surface area contributed by atoms with Gasteiger partial charge in [-0.25, -0.2) is 9.37 Å². The molecular formula is C35H38FN5O2. The van der Waals surface area contributed by atoms with E-state index in [-0.39, 0.29) is 11.5 Å². The summed E-state index contributed by atoms with van der Waals surface area (Å²) < 4.78 is 16.1. The van der Waals surface area contributed by atoms with E-state index in [4.69, 9.17) is 4.98 Å². The number of H-pyrrole nitrogens is 1. The Bertz CT molecular complexity index is 1800. The third kappa shape index (κ3) is 5.09. The molecule has 2 saturated heterocycles. The summed E-state index contributed by atoms with van der Waals surface area (Å²) in [6.45, 7) is 6.69. The van der Waals surface area contributed by atoms with Crippen LogP contribution < -0.4 is 5.56 Å². The van der Waals surface area contributed by atoms with Crippen LogP contribution in [0.5, 0.6) is 0 Å². The number of hydrogen-bond donors (Lipinski definition) is 1. The number of nitrogens with zero attached hydrogens (tertiary/aromatic N) is 4. The van der Waals surface area contributed by atoms with Gasteiger partial charge in [-0.05, 0) is 110 Å². The molecule has 1 N–H and O–H groups in total. The minimum Gasteiger partial charge on any atom is -0.353 e. The smallest absolute Gasteiger partial charge is 0.280 e. The predicted octanol–water partition coefficient (Wildman–Crippen LogP) is 6.35. The summed E-state index contributed by atoms with van der Waals surface area (Å²) in [4.78, 5) is 40.3. The number of nitrogens with one attached hydrogen (secondary N) is 1. The summed E-state index contributed by atoms with van der Waals surface area (Å²) in [6.07, 6.45) is 9.80. The first-order valence-corrected chi connectivity index (χ1v) is 16.0. The molecule has 4 aromatic rings. The van der Waals surface area contributed by atoms with E-state index < -0.39 is 5.82 Å². The average molecular weight is 580 g/mol. The number of fused-ring (bicyclic) bond motifs is 1. The fraction of sp³-hybridized carbons (Fsp3) is 0.457. The van der Waals surface area contributed by atoms with Crippen molar-refractivity contribution in [2.24, 2.45) is 5.92 Å². The van der Waals surface area contributed by atoms with Crippen LogP contribution in [0.4, 0.5) is 4.39 Å². The number of benzene rings is 1. The summed E-state index contributed by atoms with van der Waals surface area (Å²) in [7, 11) is 0. The third-order valence-corrected chi connectivity index (χ3v) is 9.78. The van der Waals surface area contributed by atoms with Crippen molar-refractivity contribution in [2.75, 3.05) is 26.2 Å². The zero-order valence-corrected chi connectivity index (χ0v) is 24.7. The molecule has 4 fully saturated rings. The molecule has 5 heterocycles. The molecule has 0 bridgehead atoms. The first-order chi connectivity index (χ1) is 20.9. The Morgan fingerprint density at radius 1 is 1.00 bits per heavy atom. The van der Waals surface area contributed by atoms with Gasteiger partial charge in [-0.2, -0.15) is 0 Å². The molecule has 0 radical (unpaired) electrons. The second-order valence-electron chi connectivity index (χ2n) is 13.3. The van der Waals surface area contributed by atoms with E-state index in [0.29, 0.717) is 53.3 Å². The Morgan fingerprint density at radius 3 is 2.53 bits per heavy atom. The highest BCUT2D eigenvalue weighted by Crippen LogP contribution is 2.44. The van der Waals surface area contributed by atoms with Crippen LogP contribution in [0.2, 0.25) is 0 Å². The normalized spacial score (nSPS) is 20.9. The highest BCUT2D eigenvalue weighted by atomic mass is 19.1. The number of rotatable bonds is 7. The lowest BCUT2D eigenvalue weighted by molar-refractivity contribution is 0.0652. The van der Waals surface area contributed by atoms with Crippen LogP contribution in [0.15, 0.2) is 47.4 Å². The van der Waals surface area contributed by atoms with E-state index in [1.54, 1.807) is 15.5 Å². The number of hydrogen-bond acceptors (Lipinski definition) is 4. The van der Waals surface area contributed by atoms with Gasteiger partial charge in [0.1, 0.15) is 17.2 Å². The summed E-state index contributed by atoms with van der Waals surface area (Å²) in [5.74, 6) is 1.45. The quantitative estimate of drug-likeness (QED) is 0.277. The molecule has 0 unspecified atom stereocenters. The average Bonchev–Trinajstić information content (AvgIpc) is 3.90. The Labute approximate surface area is 250 Å². The number of pyridine rings is 2. The summed E-state index contributed by atoms with van der Waals surface area (Å²) in [5.41, 5.74) is 5.56. The predicted molar refractivity (Wildman–Crippen MR) is 165 cm³/mol. The number of likely N-dealkylation sites (tertiary alicyclic amines) is 2. The second kappa shape index (κ2) is 10.4. The fourth-order valence-electron chi connectivity index (χ4n) is 6.98. The molecule has 3 aromatic heterocycles. The van der Waals surface area contributed by atoms with Crippen molar-refractivity contribution < 1.29 is 9.18 Å². The van der Waals surface area contributed by atoms with E-state index in [9.17, 15) is 14.0 Å². The monoisotopic (exact) mass is 579 g/mol. The zero-order chi connectivity index (χ0) is 29.2. The molecule has 7 nitrogen and oxygen atoms in total. The van der Waals surface area contributed by atoms with Crippen LogP contribution >= 0.6 is 0 Å². The molecule has 2 aliphatic carbocycles. The SMILES string of the molecule is C[C@H]1CCCN(Cc2cc3c(C4CC4)cn(-c4cc(-c5ccc(F)cc5C(=O)N5CCC5)cc(C5CC5)n4)c(=O)c3[nH]2)C1. The van der Waals surface area contributed by atoms with Gasteiger partial charge in [0.15, 0.2) is 0 Å². The molecule has 8 heteroatoms. The number of halogens is 1. The van der Waals surface area contributed by atoms with Crippen molar-refractivity contribution in [3.63, 3.8) is 0 Å². The molecule has 4 aliphatic rings. The van der Waals surface area contributed by atoms with Crippen LogP contribution in [-0.4, -0.2) is 56.4 Å². The van der Waals surface area contributed by atoms with E-state index in [2.05, 4.69) is 22.9 Å². The van der Waals surface area contributed by atoms with Crippen molar-refractivity contribution in [3.8, 4) is 16.9 Å². The van der Waals surface area contributed by atoms with Gasteiger partial charge in [0.05, 0.1) is 5.56 Å². The lowest BCUT2D eigenvalue weighted by Crippen LogP contribution is -2.42. The van der Waals surface area contributed by atoms with Gasteiger partial charge in [-0.3, -0.25) is 19.1 Å². The number of amides is 1. The number of aromatic nitrogens is 3. The molecule has 1 atom stereocenters. The Morgan fingerprint density at radius 2 is 1.81 bits per heavy atom. The van der Waals surface area contributed by atoms with Gasteiger partial charge in [-0.15, -0.1) is 0 Å². The van der Waals surface area contributed by atoms with E-state index in [1.165, 1.54) is 30.5 Å². The molecule has 43 heavy (non-hydrogen) atoms. The molecule has 222 valence electrons. The topological polar surface area (TPSA) is 74.2 Å². The Balaban J connectivity index is 1.24. The van der Waals surface area contributed by atoms with E-state index in [1.807, 2.05) is 18.3 Å². The van der Waals surface area contributed by atoms with Crippen LogP contribution in [0.25, 0.3) is 27.8 Å². The largest absolute Gasteiger partial charge is 0.353 e. The van der Waals surface area contributed by atoms with E-state index >= 15 is 0 Å². The number of aromatic amines is 1. The zero-order valence-electron chi connectivity index (χ0n) is 24.7. The van der Waals surface area contributed by atoms with Crippen LogP contribution in [-0.2, 0) is 6.54 Å². The maximum Gasteiger partial charge on any atom is 0.280 e. The first-order valence-electron chi connectivity index (χ1n) is 16.0. The highest BCUT2D eigenvalue weighted by Gasteiger charge is 2.31. The number of piperidine rings is 1. The minimum atomic E-state index is -0.429. The first kappa shape index (κ1) is 26.8.